The molecule has 2 aromatic carbocycles. The monoisotopic (exact) mass is 397 g/mol. The molecule has 0 atom stereocenters. The summed E-state index contributed by atoms with van der Waals surface area (Å²) < 4.78 is 18.8. The molecule has 27 heavy (non-hydrogen) atoms. The number of nitrogens with zero attached hydrogens (tertiary/aromatic N) is 3. The smallest absolute Gasteiger partial charge is 0.277 e. The molecule has 0 radical (unpaired) electrons. The van der Waals surface area contributed by atoms with Crippen molar-refractivity contribution in [1.29, 1.82) is 0 Å². The Kier molecular flexibility index (Phi) is 5.05. The fraction of sp³-hybridized carbons (Fsp3) is 0.150. The molecule has 136 valence electrons. The Bertz CT molecular complexity index is 1070. The van der Waals surface area contributed by atoms with Gasteiger partial charge in [-0.15, -0.1) is 21.5 Å². The lowest BCUT2D eigenvalue weighted by molar-refractivity contribution is 0.466. The van der Waals surface area contributed by atoms with E-state index in [-0.39, 0.29) is 5.82 Å². The summed E-state index contributed by atoms with van der Waals surface area (Å²) in [5.74, 6) is 0.902. The van der Waals surface area contributed by atoms with Gasteiger partial charge in [-0.05, 0) is 61.4 Å². The summed E-state index contributed by atoms with van der Waals surface area (Å²) in [5.41, 5.74) is 5.18. The SMILES string of the molecule is Cc1ccc(-c2nnc(SCc3csc(-c4ccc(F)cc4)n3)o2)cc1C. The van der Waals surface area contributed by atoms with Crippen LogP contribution in [0.4, 0.5) is 4.39 Å². The van der Waals surface area contributed by atoms with Crippen molar-refractivity contribution in [1.82, 2.24) is 15.2 Å². The zero-order valence-corrected chi connectivity index (χ0v) is 16.4. The van der Waals surface area contributed by atoms with Crippen LogP contribution in [-0.2, 0) is 5.75 Å². The highest BCUT2D eigenvalue weighted by atomic mass is 32.2. The Morgan fingerprint density at radius 3 is 2.56 bits per heavy atom. The molecule has 0 bridgehead atoms. The highest BCUT2D eigenvalue weighted by molar-refractivity contribution is 7.98. The summed E-state index contributed by atoms with van der Waals surface area (Å²) in [7, 11) is 0. The standard InChI is InChI=1S/C20H16FN3OS2/c1-12-3-4-15(9-13(12)2)18-23-24-20(25-18)27-11-17-10-26-19(22-17)14-5-7-16(21)8-6-14/h3-10H,11H2,1-2H3. The van der Waals surface area contributed by atoms with Crippen LogP contribution in [0.3, 0.4) is 0 Å². The van der Waals surface area contributed by atoms with Crippen molar-refractivity contribution in [2.45, 2.75) is 24.8 Å². The number of hydrogen-bond donors (Lipinski definition) is 0. The zero-order valence-electron chi connectivity index (χ0n) is 14.8. The number of benzene rings is 2. The second-order valence-electron chi connectivity index (χ2n) is 6.11. The number of hydrogen-bond acceptors (Lipinski definition) is 6. The molecule has 2 aromatic heterocycles. The normalized spacial score (nSPS) is 11.1. The fourth-order valence-corrected chi connectivity index (χ4v) is 4.08. The van der Waals surface area contributed by atoms with Gasteiger partial charge in [-0.3, -0.25) is 0 Å². The molecule has 4 aromatic rings. The van der Waals surface area contributed by atoms with Crippen LogP contribution in [0.2, 0.25) is 0 Å². The third kappa shape index (κ3) is 4.09. The Balaban J connectivity index is 1.43. The van der Waals surface area contributed by atoms with Crippen molar-refractivity contribution >= 4 is 23.1 Å². The molecule has 4 nitrogen and oxygen atoms in total. The minimum Gasteiger partial charge on any atom is -0.411 e. The van der Waals surface area contributed by atoms with Crippen LogP contribution in [0.1, 0.15) is 16.8 Å². The number of thioether (sulfide) groups is 1. The molecular formula is C20H16FN3OS2. The molecule has 0 saturated heterocycles. The van der Waals surface area contributed by atoms with Gasteiger partial charge >= 0.3 is 0 Å². The van der Waals surface area contributed by atoms with Crippen molar-refractivity contribution in [3.63, 3.8) is 0 Å². The molecule has 0 fully saturated rings. The van der Waals surface area contributed by atoms with Gasteiger partial charge in [0.05, 0.1) is 5.69 Å². The van der Waals surface area contributed by atoms with Crippen LogP contribution in [0.5, 0.6) is 0 Å². The van der Waals surface area contributed by atoms with Crippen molar-refractivity contribution in [3.8, 4) is 22.0 Å². The van der Waals surface area contributed by atoms with Crippen molar-refractivity contribution in [2.75, 3.05) is 0 Å². The summed E-state index contributed by atoms with van der Waals surface area (Å²) in [6.45, 7) is 4.13. The van der Waals surface area contributed by atoms with Crippen LogP contribution >= 0.6 is 23.1 Å². The average Bonchev–Trinajstić information content (AvgIpc) is 3.32. The van der Waals surface area contributed by atoms with Crippen molar-refractivity contribution in [3.05, 3.63) is 70.5 Å². The zero-order chi connectivity index (χ0) is 18.8. The summed E-state index contributed by atoms with van der Waals surface area (Å²) >= 11 is 2.99. The maximum Gasteiger partial charge on any atom is 0.277 e. The lowest BCUT2D eigenvalue weighted by atomic mass is 10.1. The van der Waals surface area contributed by atoms with Gasteiger partial charge in [-0.1, -0.05) is 17.8 Å². The molecule has 0 saturated carbocycles. The second kappa shape index (κ2) is 7.62. The van der Waals surface area contributed by atoms with E-state index in [1.165, 1.54) is 46.4 Å². The molecule has 0 unspecified atom stereocenters. The van der Waals surface area contributed by atoms with E-state index in [1.54, 1.807) is 12.1 Å². The Hall–Kier alpha value is -2.51. The Morgan fingerprint density at radius 2 is 1.78 bits per heavy atom. The largest absolute Gasteiger partial charge is 0.411 e. The van der Waals surface area contributed by atoms with Gasteiger partial charge < -0.3 is 4.42 Å². The summed E-state index contributed by atoms with van der Waals surface area (Å²) in [6, 6.07) is 12.4. The first-order valence-electron chi connectivity index (χ1n) is 8.33. The number of aromatic nitrogens is 3. The molecule has 7 heteroatoms. The second-order valence-corrected chi connectivity index (χ2v) is 7.90. The van der Waals surface area contributed by atoms with Crippen molar-refractivity contribution < 1.29 is 8.81 Å². The Labute approximate surface area is 164 Å². The van der Waals surface area contributed by atoms with E-state index in [2.05, 4.69) is 29.0 Å². The first-order valence-corrected chi connectivity index (χ1v) is 10.2. The van der Waals surface area contributed by atoms with Gasteiger partial charge in [0.1, 0.15) is 10.8 Å². The van der Waals surface area contributed by atoms with Crippen molar-refractivity contribution in [2.24, 2.45) is 0 Å². The van der Waals surface area contributed by atoms with E-state index >= 15 is 0 Å². The number of aryl methyl sites for hydroxylation is 2. The van der Waals surface area contributed by atoms with Gasteiger partial charge in [-0.2, -0.15) is 0 Å². The number of rotatable bonds is 5. The lowest BCUT2D eigenvalue weighted by Gasteiger charge is -2.00. The van der Waals surface area contributed by atoms with Gasteiger partial charge in [0.2, 0.25) is 5.89 Å². The van der Waals surface area contributed by atoms with Crippen LogP contribution in [0.25, 0.3) is 22.0 Å². The first kappa shape index (κ1) is 17.9. The molecule has 0 spiro atoms. The molecule has 2 heterocycles. The van der Waals surface area contributed by atoms with Gasteiger partial charge in [0, 0.05) is 22.3 Å². The topological polar surface area (TPSA) is 51.8 Å². The minimum atomic E-state index is -0.248. The van der Waals surface area contributed by atoms with Crippen LogP contribution < -0.4 is 0 Å². The van der Waals surface area contributed by atoms with Crippen LogP contribution in [0.15, 0.2) is 57.5 Å². The maximum atomic E-state index is 13.0. The molecule has 0 N–H and O–H groups in total. The molecular weight excluding hydrogens is 381 g/mol. The molecule has 0 aliphatic rings. The summed E-state index contributed by atoms with van der Waals surface area (Å²) in [4.78, 5) is 4.60. The summed E-state index contributed by atoms with van der Waals surface area (Å²) in [5, 5.41) is 11.6. The van der Waals surface area contributed by atoms with Crippen LogP contribution in [0, 0.1) is 19.7 Å². The first-order chi connectivity index (χ1) is 13.1. The van der Waals surface area contributed by atoms with Gasteiger partial charge in [0.15, 0.2) is 0 Å². The number of halogens is 1. The third-order valence-corrected chi connectivity index (χ3v) is 5.94. The highest BCUT2D eigenvalue weighted by Gasteiger charge is 2.11. The molecule has 0 aliphatic carbocycles. The maximum absolute atomic E-state index is 13.0. The quantitative estimate of drug-likeness (QED) is 0.392. The number of thiazole rings is 1. The minimum absolute atomic E-state index is 0.248. The van der Waals surface area contributed by atoms with Gasteiger partial charge in [-0.25, -0.2) is 9.37 Å². The third-order valence-electron chi connectivity index (χ3n) is 4.15. The van der Waals surface area contributed by atoms with E-state index in [0.29, 0.717) is 16.9 Å². The average molecular weight is 398 g/mol. The van der Waals surface area contributed by atoms with E-state index in [1.807, 2.05) is 23.6 Å². The highest BCUT2D eigenvalue weighted by Crippen LogP contribution is 2.29. The van der Waals surface area contributed by atoms with E-state index < -0.39 is 0 Å². The predicted octanol–water partition coefficient (Wildman–Crippen LogP) is 5.91. The fourth-order valence-electron chi connectivity index (χ4n) is 2.49. The molecule has 0 aliphatic heterocycles. The van der Waals surface area contributed by atoms with E-state index in [9.17, 15) is 4.39 Å². The molecule has 0 amide bonds. The van der Waals surface area contributed by atoms with Crippen LogP contribution in [-0.4, -0.2) is 15.2 Å². The Morgan fingerprint density at radius 1 is 1.00 bits per heavy atom. The lowest BCUT2D eigenvalue weighted by Crippen LogP contribution is -1.83. The molecule has 4 rings (SSSR count). The predicted molar refractivity (Wildman–Crippen MR) is 106 cm³/mol. The van der Waals surface area contributed by atoms with E-state index in [0.717, 1.165) is 21.8 Å². The van der Waals surface area contributed by atoms with Gasteiger partial charge in [0.25, 0.3) is 5.22 Å². The van der Waals surface area contributed by atoms with E-state index in [4.69, 9.17) is 4.42 Å². The summed E-state index contributed by atoms with van der Waals surface area (Å²) in [6.07, 6.45) is 0.